The van der Waals surface area contributed by atoms with Crippen LogP contribution in [0.5, 0.6) is 5.75 Å². The molecule has 2 N–H and O–H groups in total. The molecule has 0 bridgehead atoms. The van der Waals surface area contributed by atoms with Gasteiger partial charge in [0.15, 0.2) is 0 Å². The Labute approximate surface area is 116 Å². The summed E-state index contributed by atoms with van der Waals surface area (Å²) in [5.74, 6) is 0.932. The minimum Gasteiger partial charge on any atom is -0.493 e. The van der Waals surface area contributed by atoms with Gasteiger partial charge in [-0.25, -0.2) is 13.6 Å². The zero-order chi connectivity index (χ0) is 14.5. The minimum absolute atomic E-state index is 0.136. The molecule has 0 aliphatic carbocycles. The molecule has 19 heavy (non-hydrogen) atoms. The minimum atomic E-state index is -3.66. The van der Waals surface area contributed by atoms with Gasteiger partial charge in [0.1, 0.15) is 5.75 Å². The second kappa shape index (κ2) is 6.91. The highest BCUT2D eigenvalue weighted by atomic mass is 32.2. The number of hydrogen-bond acceptors (Lipinski definition) is 3. The first-order chi connectivity index (χ1) is 8.86. The summed E-state index contributed by atoms with van der Waals surface area (Å²) in [6.45, 7) is 6.80. The van der Waals surface area contributed by atoms with Crippen LogP contribution in [0.15, 0.2) is 23.1 Å². The monoisotopic (exact) mass is 285 g/mol. The maximum atomic E-state index is 11.4. The summed E-state index contributed by atoms with van der Waals surface area (Å²) >= 11 is 0. The van der Waals surface area contributed by atoms with Gasteiger partial charge in [0.2, 0.25) is 10.0 Å². The first-order valence-corrected chi connectivity index (χ1v) is 8.20. The van der Waals surface area contributed by atoms with E-state index in [1.807, 2.05) is 13.8 Å². The first-order valence-electron chi connectivity index (χ1n) is 6.65. The zero-order valence-electron chi connectivity index (χ0n) is 11.8. The maximum absolute atomic E-state index is 11.4. The Bertz CT molecular complexity index is 509. The van der Waals surface area contributed by atoms with Gasteiger partial charge < -0.3 is 4.74 Å². The molecule has 108 valence electrons. The summed E-state index contributed by atoms with van der Waals surface area (Å²) in [6.07, 6.45) is 3.28. The summed E-state index contributed by atoms with van der Waals surface area (Å²) in [7, 11) is -3.66. The van der Waals surface area contributed by atoms with Crippen LogP contribution in [0.4, 0.5) is 0 Å². The zero-order valence-corrected chi connectivity index (χ0v) is 12.7. The van der Waals surface area contributed by atoms with Gasteiger partial charge in [-0.05, 0) is 36.1 Å². The van der Waals surface area contributed by atoms with E-state index in [0.29, 0.717) is 6.61 Å². The quantitative estimate of drug-likeness (QED) is 0.783. The Morgan fingerprint density at radius 2 is 1.95 bits per heavy atom. The molecule has 0 saturated heterocycles. The summed E-state index contributed by atoms with van der Waals surface area (Å²) in [5.41, 5.74) is 0.878. The molecule has 1 aromatic rings. The van der Waals surface area contributed by atoms with Crippen LogP contribution < -0.4 is 9.88 Å². The van der Waals surface area contributed by atoms with Gasteiger partial charge in [-0.3, -0.25) is 0 Å². The van der Waals surface area contributed by atoms with Crippen molar-refractivity contribution in [2.24, 2.45) is 5.14 Å². The van der Waals surface area contributed by atoms with Crippen molar-refractivity contribution in [3.05, 3.63) is 23.8 Å². The van der Waals surface area contributed by atoms with Crippen molar-refractivity contribution in [1.29, 1.82) is 0 Å². The van der Waals surface area contributed by atoms with Crippen LogP contribution in [0.1, 0.15) is 51.5 Å². The van der Waals surface area contributed by atoms with E-state index in [1.54, 1.807) is 12.1 Å². The van der Waals surface area contributed by atoms with Crippen LogP contribution in [0.25, 0.3) is 0 Å². The highest BCUT2D eigenvalue weighted by molar-refractivity contribution is 7.89. The van der Waals surface area contributed by atoms with Crippen molar-refractivity contribution in [3.8, 4) is 5.75 Å². The van der Waals surface area contributed by atoms with Gasteiger partial charge >= 0.3 is 0 Å². The van der Waals surface area contributed by atoms with Crippen LogP contribution in [0, 0.1) is 0 Å². The van der Waals surface area contributed by atoms with E-state index in [2.05, 4.69) is 6.92 Å². The van der Waals surface area contributed by atoms with Crippen molar-refractivity contribution in [2.75, 3.05) is 6.61 Å². The average Bonchev–Trinajstić information content (AvgIpc) is 2.33. The molecule has 0 aliphatic rings. The standard InChI is InChI=1S/C14H23NO3S/c1-4-5-6-9-18-14-8-7-12(19(15,16)17)10-13(14)11(2)3/h7-8,10-11H,4-6,9H2,1-3H3,(H2,15,16,17). The van der Waals surface area contributed by atoms with Crippen molar-refractivity contribution in [3.63, 3.8) is 0 Å². The lowest BCUT2D eigenvalue weighted by molar-refractivity contribution is 0.302. The van der Waals surface area contributed by atoms with Crippen molar-refractivity contribution in [1.82, 2.24) is 0 Å². The fourth-order valence-electron chi connectivity index (χ4n) is 1.82. The molecule has 0 aromatic heterocycles. The number of nitrogens with two attached hydrogens (primary N) is 1. The van der Waals surface area contributed by atoms with E-state index in [9.17, 15) is 8.42 Å². The molecular formula is C14H23NO3S. The van der Waals surface area contributed by atoms with Crippen molar-refractivity contribution < 1.29 is 13.2 Å². The third kappa shape index (κ3) is 4.84. The topological polar surface area (TPSA) is 69.4 Å². The Morgan fingerprint density at radius 1 is 1.26 bits per heavy atom. The van der Waals surface area contributed by atoms with E-state index >= 15 is 0 Å². The van der Waals surface area contributed by atoms with Crippen LogP contribution >= 0.6 is 0 Å². The highest BCUT2D eigenvalue weighted by Gasteiger charge is 2.14. The van der Waals surface area contributed by atoms with E-state index in [4.69, 9.17) is 9.88 Å². The molecule has 0 heterocycles. The fourth-order valence-corrected chi connectivity index (χ4v) is 2.37. The Kier molecular flexibility index (Phi) is 5.82. The molecular weight excluding hydrogens is 262 g/mol. The van der Waals surface area contributed by atoms with E-state index in [0.717, 1.165) is 30.6 Å². The van der Waals surface area contributed by atoms with Gasteiger partial charge in [0.05, 0.1) is 11.5 Å². The molecule has 0 saturated carbocycles. The third-order valence-corrected chi connectivity index (χ3v) is 3.85. The second-order valence-electron chi connectivity index (χ2n) is 4.95. The predicted molar refractivity (Wildman–Crippen MR) is 76.9 cm³/mol. The molecule has 1 rings (SSSR count). The largest absolute Gasteiger partial charge is 0.493 e. The van der Waals surface area contributed by atoms with Crippen LogP contribution in [-0.4, -0.2) is 15.0 Å². The highest BCUT2D eigenvalue weighted by Crippen LogP contribution is 2.29. The van der Waals surface area contributed by atoms with E-state index in [-0.39, 0.29) is 10.8 Å². The Hall–Kier alpha value is -1.07. The second-order valence-corrected chi connectivity index (χ2v) is 6.52. The maximum Gasteiger partial charge on any atom is 0.238 e. The number of primary sulfonamides is 1. The van der Waals surface area contributed by atoms with Gasteiger partial charge in [0, 0.05) is 0 Å². The number of unbranched alkanes of at least 4 members (excludes halogenated alkanes) is 2. The lowest BCUT2D eigenvalue weighted by atomic mass is 10.0. The number of sulfonamides is 1. The molecule has 5 heteroatoms. The van der Waals surface area contributed by atoms with Gasteiger partial charge in [0.25, 0.3) is 0 Å². The normalized spacial score (nSPS) is 11.8. The molecule has 0 fully saturated rings. The molecule has 0 unspecified atom stereocenters. The average molecular weight is 285 g/mol. The van der Waals surface area contributed by atoms with Crippen molar-refractivity contribution in [2.45, 2.75) is 50.8 Å². The lowest BCUT2D eigenvalue weighted by Gasteiger charge is -2.15. The molecule has 0 amide bonds. The number of rotatable bonds is 7. The summed E-state index contributed by atoms with van der Waals surface area (Å²) in [4.78, 5) is 0.136. The van der Waals surface area contributed by atoms with Crippen LogP contribution in [0.3, 0.4) is 0 Å². The molecule has 4 nitrogen and oxygen atoms in total. The number of ether oxygens (including phenoxy) is 1. The number of benzene rings is 1. The number of hydrogen-bond donors (Lipinski definition) is 1. The summed E-state index contributed by atoms with van der Waals surface area (Å²) in [5, 5.41) is 5.15. The first kappa shape index (κ1) is 16.0. The smallest absolute Gasteiger partial charge is 0.238 e. The van der Waals surface area contributed by atoms with Crippen molar-refractivity contribution >= 4 is 10.0 Å². The fraction of sp³-hybridized carbons (Fsp3) is 0.571. The molecule has 1 aromatic carbocycles. The van der Waals surface area contributed by atoms with Gasteiger partial charge in [-0.2, -0.15) is 0 Å². The lowest BCUT2D eigenvalue weighted by Crippen LogP contribution is -2.13. The summed E-state index contributed by atoms with van der Waals surface area (Å²) < 4.78 is 28.4. The van der Waals surface area contributed by atoms with E-state index < -0.39 is 10.0 Å². The molecule has 0 spiro atoms. The van der Waals surface area contributed by atoms with Gasteiger partial charge in [-0.15, -0.1) is 0 Å². The Balaban J connectivity index is 2.93. The van der Waals surface area contributed by atoms with Crippen LogP contribution in [0.2, 0.25) is 0 Å². The third-order valence-electron chi connectivity index (χ3n) is 2.94. The van der Waals surface area contributed by atoms with E-state index in [1.165, 1.54) is 6.07 Å². The molecule has 0 aliphatic heterocycles. The van der Waals surface area contributed by atoms with Gasteiger partial charge in [-0.1, -0.05) is 33.6 Å². The SMILES string of the molecule is CCCCCOc1ccc(S(N)(=O)=O)cc1C(C)C. The Morgan fingerprint density at radius 3 is 2.47 bits per heavy atom. The van der Waals surface area contributed by atoms with Crippen LogP contribution in [-0.2, 0) is 10.0 Å². The molecule has 0 radical (unpaired) electrons. The molecule has 0 atom stereocenters. The summed E-state index contributed by atoms with van der Waals surface area (Å²) in [6, 6.07) is 4.80. The predicted octanol–water partition coefficient (Wildman–Crippen LogP) is 3.03.